The SMILES string of the molecule is CNC(=O)c1ccc(OC(C)C(F)(F)F)c(C(=O)N2CCc3nn(-c4ccc(F)cc4)cc3C2)c1OC. The highest BCUT2D eigenvalue weighted by atomic mass is 19.4. The number of carbonyl (C=O) groups is 2. The van der Waals surface area contributed by atoms with Gasteiger partial charge >= 0.3 is 6.18 Å². The van der Waals surface area contributed by atoms with E-state index in [2.05, 4.69) is 10.4 Å². The minimum atomic E-state index is -4.68. The molecule has 3 aromatic rings. The van der Waals surface area contributed by atoms with Gasteiger partial charge in [-0.3, -0.25) is 9.59 Å². The number of amides is 2. The van der Waals surface area contributed by atoms with E-state index in [1.807, 2.05) is 0 Å². The number of ether oxygens (including phenoxy) is 2. The Labute approximate surface area is 209 Å². The summed E-state index contributed by atoms with van der Waals surface area (Å²) in [6.07, 6.45) is -4.80. The van der Waals surface area contributed by atoms with Crippen LogP contribution in [0.2, 0.25) is 0 Å². The van der Waals surface area contributed by atoms with E-state index >= 15 is 0 Å². The largest absolute Gasteiger partial charge is 0.495 e. The molecule has 0 spiro atoms. The van der Waals surface area contributed by atoms with Crippen molar-refractivity contribution in [1.82, 2.24) is 20.0 Å². The lowest BCUT2D eigenvalue weighted by atomic mass is 10.0. The molecule has 0 fully saturated rings. The highest BCUT2D eigenvalue weighted by Crippen LogP contribution is 2.37. The number of nitrogens with zero attached hydrogens (tertiary/aromatic N) is 3. The predicted molar refractivity (Wildman–Crippen MR) is 124 cm³/mol. The van der Waals surface area contributed by atoms with Crippen molar-refractivity contribution in [2.75, 3.05) is 20.7 Å². The number of hydrogen-bond donors (Lipinski definition) is 1. The van der Waals surface area contributed by atoms with Crippen LogP contribution in [0.15, 0.2) is 42.6 Å². The summed E-state index contributed by atoms with van der Waals surface area (Å²) in [5.74, 6) is -2.17. The van der Waals surface area contributed by atoms with Crippen LogP contribution >= 0.6 is 0 Å². The van der Waals surface area contributed by atoms with Gasteiger partial charge < -0.3 is 19.7 Å². The molecule has 1 aliphatic rings. The second-order valence-electron chi connectivity index (χ2n) is 8.40. The van der Waals surface area contributed by atoms with Crippen LogP contribution in [0, 0.1) is 5.82 Å². The lowest BCUT2D eigenvalue weighted by Crippen LogP contribution is -2.37. The molecule has 0 aliphatic carbocycles. The maximum absolute atomic E-state index is 13.7. The van der Waals surface area contributed by atoms with Crippen LogP contribution in [0.4, 0.5) is 17.6 Å². The molecule has 1 aliphatic heterocycles. The van der Waals surface area contributed by atoms with Gasteiger partial charge in [-0.2, -0.15) is 18.3 Å². The van der Waals surface area contributed by atoms with Crippen LogP contribution in [0.1, 0.15) is 38.9 Å². The first-order valence-corrected chi connectivity index (χ1v) is 11.3. The Bertz CT molecular complexity index is 1320. The van der Waals surface area contributed by atoms with Crippen LogP contribution in [0.25, 0.3) is 5.69 Å². The highest BCUT2D eigenvalue weighted by molar-refractivity contribution is 6.06. The van der Waals surface area contributed by atoms with Crippen molar-refractivity contribution in [2.24, 2.45) is 0 Å². The van der Waals surface area contributed by atoms with E-state index in [-0.39, 0.29) is 41.5 Å². The molecule has 0 saturated carbocycles. The van der Waals surface area contributed by atoms with Crippen LogP contribution < -0.4 is 14.8 Å². The first kappa shape index (κ1) is 26.0. The van der Waals surface area contributed by atoms with E-state index in [1.54, 1.807) is 23.0 Å². The number of alkyl halides is 3. The number of fused-ring (bicyclic) bond motifs is 1. The van der Waals surface area contributed by atoms with E-state index in [0.29, 0.717) is 12.1 Å². The van der Waals surface area contributed by atoms with Gasteiger partial charge in [0.05, 0.1) is 24.1 Å². The summed E-state index contributed by atoms with van der Waals surface area (Å²) >= 11 is 0. The molecular weight excluding hydrogens is 496 g/mol. The number of carbonyl (C=O) groups excluding carboxylic acids is 2. The van der Waals surface area contributed by atoms with Crippen molar-refractivity contribution in [3.8, 4) is 17.2 Å². The monoisotopic (exact) mass is 520 g/mol. The first-order chi connectivity index (χ1) is 17.5. The van der Waals surface area contributed by atoms with Gasteiger partial charge in [0.1, 0.15) is 22.9 Å². The van der Waals surface area contributed by atoms with Gasteiger partial charge in [0, 0.05) is 38.3 Å². The van der Waals surface area contributed by atoms with E-state index < -0.39 is 24.1 Å². The quantitative estimate of drug-likeness (QED) is 0.499. The summed E-state index contributed by atoms with van der Waals surface area (Å²) in [6.45, 7) is 1.15. The number of methoxy groups -OCH3 is 1. The molecule has 1 aromatic heterocycles. The summed E-state index contributed by atoms with van der Waals surface area (Å²) in [5.41, 5.74) is 1.78. The molecule has 0 radical (unpaired) electrons. The van der Waals surface area contributed by atoms with E-state index in [9.17, 15) is 27.2 Å². The summed E-state index contributed by atoms with van der Waals surface area (Å²) in [7, 11) is 2.60. The zero-order valence-corrected chi connectivity index (χ0v) is 20.2. The number of hydrogen-bond acceptors (Lipinski definition) is 5. The normalized spacial score (nSPS) is 14.1. The highest BCUT2D eigenvalue weighted by Gasteiger charge is 2.40. The molecule has 2 heterocycles. The van der Waals surface area contributed by atoms with Gasteiger partial charge in [-0.25, -0.2) is 9.07 Å². The van der Waals surface area contributed by atoms with Crippen molar-refractivity contribution in [1.29, 1.82) is 0 Å². The van der Waals surface area contributed by atoms with E-state index in [0.717, 1.165) is 24.2 Å². The number of halogens is 4. The molecular formula is C25H24F4N4O4. The lowest BCUT2D eigenvalue weighted by molar-refractivity contribution is -0.189. The zero-order chi connectivity index (χ0) is 26.9. The van der Waals surface area contributed by atoms with Gasteiger partial charge in [0.2, 0.25) is 0 Å². The Hall–Kier alpha value is -4.09. The van der Waals surface area contributed by atoms with Gasteiger partial charge in [0.15, 0.2) is 6.10 Å². The van der Waals surface area contributed by atoms with Crippen molar-refractivity contribution >= 4 is 11.8 Å². The number of rotatable bonds is 6. The molecule has 37 heavy (non-hydrogen) atoms. The summed E-state index contributed by atoms with van der Waals surface area (Å²) in [4.78, 5) is 27.5. The topological polar surface area (TPSA) is 85.7 Å². The Balaban J connectivity index is 1.70. The summed E-state index contributed by atoms with van der Waals surface area (Å²) in [6, 6.07) is 8.15. The van der Waals surface area contributed by atoms with Crippen molar-refractivity contribution in [3.63, 3.8) is 0 Å². The van der Waals surface area contributed by atoms with Crippen LogP contribution in [-0.2, 0) is 13.0 Å². The van der Waals surface area contributed by atoms with Crippen LogP contribution in [0.3, 0.4) is 0 Å². The Morgan fingerprint density at radius 3 is 2.46 bits per heavy atom. The molecule has 12 heteroatoms. The van der Waals surface area contributed by atoms with Crippen molar-refractivity contribution in [2.45, 2.75) is 32.2 Å². The predicted octanol–water partition coefficient (Wildman–Crippen LogP) is 3.91. The third kappa shape index (κ3) is 5.23. The molecule has 1 N–H and O–H groups in total. The molecule has 2 aromatic carbocycles. The smallest absolute Gasteiger partial charge is 0.425 e. The van der Waals surface area contributed by atoms with Gasteiger partial charge in [-0.1, -0.05) is 0 Å². The standard InChI is InChI=1S/C25H24F4N4O4/c1-14(25(27,28)29)37-20-9-8-18(23(34)30-2)22(36-3)21(20)24(35)32-11-10-19-15(12-32)13-33(31-19)17-6-4-16(26)5-7-17/h4-9,13-14H,10-12H2,1-3H3,(H,30,34). The number of aromatic nitrogens is 2. The van der Waals surface area contributed by atoms with E-state index in [1.165, 1.54) is 37.3 Å². The maximum atomic E-state index is 13.7. The maximum Gasteiger partial charge on any atom is 0.425 e. The third-order valence-electron chi connectivity index (χ3n) is 6.01. The second-order valence-corrected chi connectivity index (χ2v) is 8.40. The summed E-state index contributed by atoms with van der Waals surface area (Å²) in [5, 5.41) is 6.93. The zero-order valence-electron chi connectivity index (χ0n) is 20.2. The first-order valence-electron chi connectivity index (χ1n) is 11.3. The molecule has 0 bridgehead atoms. The van der Waals surface area contributed by atoms with Gasteiger partial charge in [-0.05, 0) is 43.3 Å². The molecule has 8 nitrogen and oxygen atoms in total. The minimum Gasteiger partial charge on any atom is -0.495 e. The molecule has 0 saturated heterocycles. The summed E-state index contributed by atoms with van der Waals surface area (Å²) < 4.78 is 65.1. The molecule has 2 amide bonds. The average molecular weight is 520 g/mol. The Kier molecular flexibility index (Phi) is 7.10. The number of benzene rings is 2. The molecule has 1 atom stereocenters. The van der Waals surface area contributed by atoms with Gasteiger partial charge in [-0.15, -0.1) is 0 Å². The van der Waals surface area contributed by atoms with E-state index in [4.69, 9.17) is 9.47 Å². The average Bonchev–Trinajstić information content (AvgIpc) is 3.30. The fraction of sp³-hybridized carbons (Fsp3) is 0.320. The van der Waals surface area contributed by atoms with Gasteiger partial charge in [0.25, 0.3) is 11.8 Å². The Morgan fingerprint density at radius 1 is 1.14 bits per heavy atom. The third-order valence-corrected chi connectivity index (χ3v) is 6.01. The number of nitrogens with one attached hydrogen (secondary N) is 1. The fourth-order valence-electron chi connectivity index (χ4n) is 4.02. The minimum absolute atomic E-state index is 0.0258. The lowest BCUT2D eigenvalue weighted by Gasteiger charge is -2.29. The Morgan fingerprint density at radius 2 is 1.84 bits per heavy atom. The van der Waals surface area contributed by atoms with Crippen molar-refractivity contribution < 1.29 is 36.6 Å². The van der Waals surface area contributed by atoms with Crippen LogP contribution in [0.5, 0.6) is 11.5 Å². The molecule has 196 valence electrons. The molecule has 4 rings (SSSR count). The van der Waals surface area contributed by atoms with Crippen LogP contribution in [-0.4, -0.2) is 59.5 Å². The fourth-order valence-corrected chi connectivity index (χ4v) is 4.02. The molecule has 1 unspecified atom stereocenters. The second kappa shape index (κ2) is 10.1. The van der Waals surface area contributed by atoms with Crippen molar-refractivity contribution in [3.05, 3.63) is 70.8 Å².